The molecular formula is C11H15NO. The lowest BCUT2D eigenvalue weighted by Gasteiger charge is -2.31. The fraction of sp³-hybridized carbons (Fsp3) is 0.636. The first-order valence-electron chi connectivity index (χ1n) is 4.76. The van der Waals surface area contributed by atoms with Crippen molar-refractivity contribution in [3.63, 3.8) is 0 Å². The van der Waals surface area contributed by atoms with Crippen LogP contribution in [-0.2, 0) is 4.79 Å². The highest BCUT2D eigenvalue weighted by Gasteiger charge is 2.36. The van der Waals surface area contributed by atoms with Crippen LogP contribution in [-0.4, -0.2) is 5.78 Å². The summed E-state index contributed by atoms with van der Waals surface area (Å²) in [5.74, 6) is 0.287. The topological polar surface area (TPSA) is 40.9 Å². The van der Waals surface area contributed by atoms with Crippen molar-refractivity contribution in [1.82, 2.24) is 0 Å². The van der Waals surface area contributed by atoms with E-state index in [9.17, 15) is 4.79 Å². The molecule has 0 radical (unpaired) electrons. The van der Waals surface area contributed by atoms with Gasteiger partial charge in [0, 0.05) is 12.8 Å². The van der Waals surface area contributed by atoms with Gasteiger partial charge in [-0.15, -0.1) is 0 Å². The Balaban J connectivity index is 2.79. The number of Topliss-reactive ketones (excluding diaryl/α,β-unsaturated/α-hetero) is 1. The molecule has 13 heavy (non-hydrogen) atoms. The minimum atomic E-state index is -0.400. The number of ketones is 1. The summed E-state index contributed by atoms with van der Waals surface area (Å²) >= 11 is 0. The number of carbonyl (C=O) groups is 1. The molecule has 0 aromatic carbocycles. The van der Waals surface area contributed by atoms with E-state index in [2.05, 4.69) is 12.6 Å². The molecular weight excluding hydrogens is 162 g/mol. The van der Waals surface area contributed by atoms with Gasteiger partial charge in [0.2, 0.25) is 0 Å². The summed E-state index contributed by atoms with van der Waals surface area (Å²) in [6, 6.07) is 2.34. The van der Waals surface area contributed by atoms with E-state index in [-0.39, 0.29) is 5.78 Å². The van der Waals surface area contributed by atoms with Crippen LogP contribution in [0, 0.1) is 16.7 Å². The van der Waals surface area contributed by atoms with Crippen LogP contribution in [0.15, 0.2) is 12.2 Å². The van der Waals surface area contributed by atoms with Crippen molar-refractivity contribution in [3.05, 3.63) is 12.2 Å². The maximum absolute atomic E-state index is 11.0. The Bertz CT molecular complexity index is 262. The van der Waals surface area contributed by atoms with Gasteiger partial charge in [-0.05, 0) is 19.3 Å². The quantitative estimate of drug-likeness (QED) is 0.608. The SMILES string of the molecule is C=C(CC)C1(C#N)CCC(=O)CC1. The van der Waals surface area contributed by atoms with Crippen LogP contribution >= 0.6 is 0 Å². The van der Waals surface area contributed by atoms with Crippen LogP contribution in [0.4, 0.5) is 0 Å². The van der Waals surface area contributed by atoms with Gasteiger partial charge in [0.05, 0.1) is 11.5 Å². The number of hydrogen-bond donors (Lipinski definition) is 0. The van der Waals surface area contributed by atoms with Gasteiger partial charge in [-0.25, -0.2) is 0 Å². The minimum absolute atomic E-state index is 0.287. The molecule has 0 aromatic rings. The molecule has 0 spiro atoms. The van der Waals surface area contributed by atoms with Crippen LogP contribution in [0.25, 0.3) is 0 Å². The van der Waals surface area contributed by atoms with Gasteiger partial charge in [-0.2, -0.15) is 5.26 Å². The van der Waals surface area contributed by atoms with Gasteiger partial charge < -0.3 is 0 Å². The highest BCUT2D eigenvalue weighted by molar-refractivity contribution is 5.79. The smallest absolute Gasteiger partial charge is 0.133 e. The molecule has 0 aliphatic heterocycles. The van der Waals surface area contributed by atoms with Crippen molar-refractivity contribution in [1.29, 1.82) is 5.26 Å². The van der Waals surface area contributed by atoms with Gasteiger partial charge in [-0.3, -0.25) is 4.79 Å². The Hall–Kier alpha value is -1.10. The number of rotatable bonds is 2. The third-order valence-electron chi connectivity index (χ3n) is 2.98. The summed E-state index contributed by atoms with van der Waals surface area (Å²) < 4.78 is 0. The third-order valence-corrected chi connectivity index (χ3v) is 2.98. The normalized spacial score (nSPS) is 20.8. The molecule has 0 unspecified atom stereocenters. The van der Waals surface area contributed by atoms with Crippen molar-refractivity contribution in [2.24, 2.45) is 5.41 Å². The molecule has 2 heteroatoms. The summed E-state index contributed by atoms with van der Waals surface area (Å²) in [6.07, 6.45) is 3.28. The Labute approximate surface area is 79.2 Å². The van der Waals surface area contributed by atoms with Crippen molar-refractivity contribution in [2.75, 3.05) is 0 Å². The molecule has 2 nitrogen and oxygen atoms in total. The Morgan fingerprint density at radius 3 is 2.54 bits per heavy atom. The average Bonchev–Trinajstić information content (AvgIpc) is 2.18. The van der Waals surface area contributed by atoms with E-state index in [0.717, 1.165) is 12.0 Å². The summed E-state index contributed by atoms with van der Waals surface area (Å²) in [7, 11) is 0. The lowest BCUT2D eigenvalue weighted by Crippen LogP contribution is -2.27. The first-order chi connectivity index (χ1) is 6.14. The molecule has 1 fully saturated rings. The maximum atomic E-state index is 11.0. The lowest BCUT2D eigenvalue weighted by molar-refractivity contribution is -0.121. The van der Waals surface area contributed by atoms with Crippen LogP contribution in [0.2, 0.25) is 0 Å². The predicted molar refractivity (Wildman–Crippen MR) is 51.0 cm³/mol. The molecule has 0 atom stereocenters. The number of carbonyl (C=O) groups excluding carboxylic acids is 1. The summed E-state index contributed by atoms with van der Waals surface area (Å²) in [5.41, 5.74) is 0.588. The van der Waals surface area contributed by atoms with Crippen LogP contribution in [0.3, 0.4) is 0 Å². The van der Waals surface area contributed by atoms with Gasteiger partial charge >= 0.3 is 0 Å². The molecule has 0 N–H and O–H groups in total. The molecule has 1 aliphatic rings. The first kappa shape index (κ1) is 9.98. The van der Waals surface area contributed by atoms with Crippen LogP contribution in [0.1, 0.15) is 39.0 Å². The molecule has 0 amide bonds. The van der Waals surface area contributed by atoms with Crippen molar-refractivity contribution in [3.8, 4) is 6.07 Å². The number of allylic oxidation sites excluding steroid dienone is 1. The minimum Gasteiger partial charge on any atom is -0.300 e. The zero-order chi connectivity index (χ0) is 9.90. The van der Waals surface area contributed by atoms with E-state index in [1.165, 1.54) is 0 Å². The molecule has 0 aromatic heterocycles. The Morgan fingerprint density at radius 1 is 1.62 bits per heavy atom. The van der Waals surface area contributed by atoms with Gasteiger partial charge in [0.25, 0.3) is 0 Å². The van der Waals surface area contributed by atoms with Gasteiger partial charge in [-0.1, -0.05) is 19.1 Å². The summed E-state index contributed by atoms with van der Waals surface area (Å²) in [5, 5.41) is 9.11. The lowest BCUT2D eigenvalue weighted by atomic mass is 9.69. The van der Waals surface area contributed by atoms with E-state index in [4.69, 9.17) is 5.26 Å². The van der Waals surface area contributed by atoms with Crippen molar-refractivity contribution in [2.45, 2.75) is 39.0 Å². The zero-order valence-corrected chi connectivity index (χ0v) is 8.10. The highest BCUT2D eigenvalue weighted by Crippen LogP contribution is 2.41. The average molecular weight is 177 g/mol. The van der Waals surface area contributed by atoms with Crippen LogP contribution < -0.4 is 0 Å². The maximum Gasteiger partial charge on any atom is 0.133 e. The van der Waals surface area contributed by atoms with E-state index in [1.54, 1.807) is 0 Å². The van der Waals surface area contributed by atoms with Crippen LogP contribution in [0.5, 0.6) is 0 Å². The molecule has 1 rings (SSSR count). The monoisotopic (exact) mass is 177 g/mol. The largest absolute Gasteiger partial charge is 0.300 e. The van der Waals surface area contributed by atoms with Crippen molar-refractivity contribution < 1.29 is 4.79 Å². The predicted octanol–water partition coefficient (Wildman–Crippen LogP) is 2.61. The number of hydrogen-bond acceptors (Lipinski definition) is 2. The first-order valence-corrected chi connectivity index (χ1v) is 4.76. The van der Waals surface area contributed by atoms with E-state index < -0.39 is 5.41 Å². The Kier molecular flexibility index (Phi) is 2.87. The number of nitrogens with zero attached hydrogens (tertiary/aromatic N) is 1. The van der Waals surface area contributed by atoms with E-state index >= 15 is 0 Å². The summed E-state index contributed by atoms with van der Waals surface area (Å²) in [6.45, 7) is 5.94. The second-order valence-electron chi connectivity index (χ2n) is 3.69. The van der Waals surface area contributed by atoms with Gasteiger partial charge in [0.15, 0.2) is 0 Å². The molecule has 0 bridgehead atoms. The highest BCUT2D eigenvalue weighted by atomic mass is 16.1. The molecule has 1 aliphatic carbocycles. The zero-order valence-electron chi connectivity index (χ0n) is 8.10. The molecule has 70 valence electrons. The number of nitriles is 1. The molecule has 1 saturated carbocycles. The van der Waals surface area contributed by atoms with Gasteiger partial charge in [0.1, 0.15) is 5.78 Å². The standard InChI is InChI=1S/C11H15NO/c1-3-9(2)11(8-12)6-4-10(13)5-7-11/h2-7H2,1H3. The molecule has 0 heterocycles. The fourth-order valence-electron chi connectivity index (χ4n) is 1.84. The third kappa shape index (κ3) is 1.80. The second-order valence-corrected chi connectivity index (χ2v) is 3.69. The second kappa shape index (κ2) is 3.74. The summed E-state index contributed by atoms with van der Waals surface area (Å²) in [4.78, 5) is 11.0. The van der Waals surface area contributed by atoms with Crippen molar-refractivity contribution >= 4 is 5.78 Å². The Morgan fingerprint density at radius 2 is 2.15 bits per heavy atom. The van der Waals surface area contributed by atoms with E-state index in [1.807, 2.05) is 6.92 Å². The fourth-order valence-corrected chi connectivity index (χ4v) is 1.84. The molecule has 0 saturated heterocycles. The van der Waals surface area contributed by atoms with E-state index in [0.29, 0.717) is 25.7 Å².